The molecule has 1 unspecified atom stereocenters. The van der Waals surface area contributed by atoms with E-state index in [1.54, 1.807) is 11.8 Å². The Hall–Kier alpha value is -0.800. The summed E-state index contributed by atoms with van der Waals surface area (Å²) in [6.45, 7) is 3.99. The normalized spacial score (nSPS) is 26.4. The van der Waals surface area contributed by atoms with Crippen LogP contribution in [-0.2, 0) is 9.53 Å². The van der Waals surface area contributed by atoms with E-state index in [2.05, 4.69) is 31.2 Å². The van der Waals surface area contributed by atoms with Crippen molar-refractivity contribution in [1.29, 1.82) is 0 Å². The zero-order valence-electron chi connectivity index (χ0n) is 14.4. The molecule has 2 saturated heterocycles. The summed E-state index contributed by atoms with van der Waals surface area (Å²) in [5.41, 5.74) is 1.93. The van der Waals surface area contributed by atoms with Crippen molar-refractivity contribution >= 4 is 17.5 Å². The second kappa shape index (κ2) is 9.05. The molecule has 1 aromatic rings. The SMILES string of the molecule is [CH2]CCC(CC(=O)[C]1OC2CCCC(CCC2)S1)c1ccccc1. The minimum Gasteiger partial charge on any atom is -0.350 e. The summed E-state index contributed by atoms with van der Waals surface area (Å²) in [5, 5.41) is 0.563. The number of thioether (sulfide) groups is 1. The minimum absolute atomic E-state index is 0.195. The number of rotatable bonds is 6. The van der Waals surface area contributed by atoms with Crippen molar-refractivity contribution in [1.82, 2.24) is 0 Å². The lowest BCUT2D eigenvalue weighted by atomic mass is 9.90. The van der Waals surface area contributed by atoms with Gasteiger partial charge < -0.3 is 4.74 Å². The van der Waals surface area contributed by atoms with Crippen molar-refractivity contribution in [3.8, 4) is 0 Å². The summed E-state index contributed by atoms with van der Waals surface area (Å²) in [5.74, 6) is 0.444. The smallest absolute Gasteiger partial charge is 0.218 e. The Balaban J connectivity index is 1.67. The van der Waals surface area contributed by atoms with Gasteiger partial charge in [0.1, 0.15) is 0 Å². The van der Waals surface area contributed by atoms with E-state index in [9.17, 15) is 4.79 Å². The molecular weight excluding hydrogens is 316 g/mol. The van der Waals surface area contributed by atoms with Crippen LogP contribution in [0.1, 0.15) is 69.3 Å². The van der Waals surface area contributed by atoms with Crippen LogP contribution < -0.4 is 0 Å². The fourth-order valence-corrected chi connectivity index (χ4v) is 5.08. The summed E-state index contributed by atoms with van der Waals surface area (Å²) in [6.07, 6.45) is 9.72. The highest BCUT2D eigenvalue weighted by atomic mass is 32.2. The van der Waals surface area contributed by atoms with E-state index in [4.69, 9.17) is 4.74 Å². The van der Waals surface area contributed by atoms with E-state index >= 15 is 0 Å². The molecule has 3 aliphatic rings. The van der Waals surface area contributed by atoms with Crippen molar-refractivity contribution in [2.45, 2.75) is 75.1 Å². The number of ether oxygens (including phenoxy) is 1. The first-order valence-electron chi connectivity index (χ1n) is 9.34. The number of Topliss-reactive ketones (excluding diaryl/α,β-unsaturated/α-hetero) is 1. The number of hydrogen-bond donors (Lipinski definition) is 0. The van der Waals surface area contributed by atoms with Crippen LogP contribution in [0.15, 0.2) is 30.3 Å². The highest BCUT2D eigenvalue weighted by molar-refractivity contribution is 8.03. The van der Waals surface area contributed by atoms with Crippen LogP contribution in [0.3, 0.4) is 0 Å². The Kier molecular flexibility index (Phi) is 6.79. The van der Waals surface area contributed by atoms with Gasteiger partial charge >= 0.3 is 0 Å². The Bertz CT molecular complexity index is 492. The lowest BCUT2D eigenvalue weighted by Crippen LogP contribution is -2.29. The van der Waals surface area contributed by atoms with Crippen LogP contribution in [-0.4, -0.2) is 17.1 Å². The van der Waals surface area contributed by atoms with Gasteiger partial charge in [-0.05, 0) is 56.4 Å². The van der Waals surface area contributed by atoms with Gasteiger partial charge in [0.05, 0.1) is 6.10 Å². The van der Waals surface area contributed by atoms with Gasteiger partial charge in [-0.25, -0.2) is 0 Å². The molecule has 0 N–H and O–H groups in total. The second-order valence-electron chi connectivity index (χ2n) is 7.01. The molecular formula is C21H28O2S. The van der Waals surface area contributed by atoms with E-state index < -0.39 is 0 Å². The maximum Gasteiger partial charge on any atom is 0.218 e. The van der Waals surface area contributed by atoms with Crippen LogP contribution in [0.4, 0.5) is 0 Å². The standard InChI is InChI=1S/C21H28O2S/c1-2-8-17(16-9-4-3-5-10-16)15-20(22)21-23-18-11-6-13-19(24-21)14-7-12-18/h3-5,9-10,17-19H,1-2,6-8,11-15H2. The predicted molar refractivity (Wildman–Crippen MR) is 101 cm³/mol. The van der Waals surface area contributed by atoms with Gasteiger partial charge in [-0.1, -0.05) is 43.7 Å². The van der Waals surface area contributed by atoms with E-state index in [1.807, 2.05) is 6.07 Å². The molecule has 1 saturated carbocycles. The maximum absolute atomic E-state index is 12.9. The van der Waals surface area contributed by atoms with Gasteiger partial charge in [0.2, 0.25) is 5.44 Å². The summed E-state index contributed by atoms with van der Waals surface area (Å²) < 4.78 is 6.15. The average molecular weight is 345 g/mol. The number of carbonyl (C=O) groups is 1. The quantitative estimate of drug-likeness (QED) is 0.663. The van der Waals surface area contributed by atoms with Crippen molar-refractivity contribution < 1.29 is 9.53 Å². The topological polar surface area (TPSA) is 26.3 Å². The Morgan fingerprint density at radius 3 is 2.54 bits per heavy atom. The molecule has 2 heterocycles. The van der Waals surface area contributed by atoms with Gasteiger partial charge in [-0.15, -0.1) is 11.8 Å². The molecule has 130 valence electrons. The molecule has 0 amide bonds. The maximum atomic E-state index is 12.9. The monoisotopic (exact) mass is 344 g/mol. The van der Waals surface area contributed by atoms with Crippen molar-refractivity contribution in [2.24, 2.45) is 0 Å². The third-order valence-corrected chi connectivity index (χ3v) is 6.48. The Morgan fingerprint density at radius 2 is 1.88 bits per heavy atom. The molecule has 0 spiro atoms. The first kappa shape index (κ1) is 18.0. The van der Waals surface area contributed by atoms with E-state index in [0.29, 0.717) is 17.1 Å². The lowest BCUT2D eigenvalue weighted by molar-refractivity contribution is -0.122. The zero-order valence-corrected chi connectivity index (χ0v) is 15.2. The highest BCUT2D eigenvalue weighted by Crippen LogP contribution is 2.41. The first-order valence-corrected chi connectivity index (χ1v) is 10.2. The molecule has 2 nitrogen and oxygen atoms in total. The number of fused-ring (bicyclic) bond motifs is 6. The van der Waals surface area contributed by atoms with Crippen LogP contribution in [0.5, 0.6) is 0 Å². The highest BCUT2D eigenvalue weighted by Gasteiger charge is 2.34. The summed E-state index contributed by atoms with van der Waals surface area (Å²) >= 11 is 1.71. The molecule has 3 heteroatoms. The predicted octanol–water partition coefficient (Wildman–Crippen LogP) is 5.69. The van der Waals surface area contributed by atoms with Crippen LogP contribution in [0.2, 0.25) is 0 Å². The fraction of sp³-hybridized carbons (Fsp3) is 0.571. The average Bonchev–Trinajstić information content (AvgIpc) is 2.53. The molecule has 1 aliphatic carbocycles. The van der Waals surface area contributed by atoms with Crippen molar-refractivity contribution in [3.63, 3.8) is 0 Å². The summed E-state index contributed by atoms with van der Waals surface area (Å²) in [7, 11) is 0. The first-order chi connectivity index (χ1) is 11.8. The number of ketones is 1. The van der Waals surface area contributed by atoms with Gasteiger partial charge in [-0.2, -0.15) is 0 Å². The molecule has 1 atom stereocenters. The second-order valence-corrected chi connectivity index (χ2v) is 8.28. The zero-order chi connectivity index (χ0) is 16.8. The van der Waals surface area contributed by atoms with Gasteiger partial charge in [0, 0.05) is 11.7 Å². The molecule has 24 heavy (non-hydrogen) atoms. The van der Waals surface area contributed by atoms with Gasteiger partial charge in [0.15, 0.2) is 5.78 Å². The van der Waals surface area contributed by atoms with Crippen LogP contribution in [0.25, 0.3) is 0 Å². The third kappa shape index (κ3) is 4.86. The van der Waals surface area contributed by atoms with Gasteiger partial charge in [0.25, 0.3) is 0 Å². The molecule has 1 aromatic carbocycles. The molecule has 2 radical (unpaired) electrons. The Labute approximate surface area is 150 Å². The number of benzene rings is 1. The van der Waals surface area contributed by atoms with E-state index in [-0.39, 0.29) is 17.8 Å². The molecule has 0 aromatic heterocycles. The summed E-state index contributed by atoms with van der Waals surface area (Å²) in [6, 6.07) is 10.4. The Morgan fingerprint density at radius 1 is 1.17 bits per heavy atom. The number of hydrogen-bond acceptors (Lipinski definition) is 3. The minimum atomic E-state index is 0.195. The molecule has 2 bridgehead atoms. The van der Waals surface area contributed by atoms with Gasteiger partial charge in [-0.3, -0.25) is 4.79 Å². The number of carbonyl (C=O) groups excluding carboxylic acids is 1. The largest absolute Gasteiger partial charge is 0.350 e. The molecule has 2 aliphatic heterocycles. The summed E-state index contributed by atoms with van der Waals surface area (Å²) in [4.78, 5) is 12.9. The molecule has 4 rings (SSSR count). The third-order valence-electron chi connectivity index (χ3n) is 5.13. The lowest BCUT2D eigenvalue weighted by Gasteiger charge is -2.33. The van der Waals surface area contributed by atoms with Crippen molar-refractivity contribution in [3.05, 3.63) is 48.3 Å². The van der Waals surface area contributed by atoms with E-state index in [1.165, 1.54) is 31.2 Å². The van der Waals surface area contributed by atoms with Crippen LogP contribution >= 0.6 is 11.8 Å². The van der Waals surface area contributed by atoms with Crippen molar-refractivity contribution in [2.75, 3.05) is 0 Å². The fourth-order valence-electron chi connectivity index (χ4n) is 3.80. The molecule has 3 fully saturated rings. The van der Waals surface area contributed by atoms with Crippen LogP contribution in [0, 0.1) is 12.4 Å². The van der Waals surface area contributed by atoms with E-state index in [0.717, 1.165) is 25.7 Å².